The van der Waals surface area contributed by atoms with Gasteiger partial charge in [-0.15, -0.1) is 0 Å². The molecule has 8 heteroatoms. The fraction of sp³-hybridized carbons (Fsp3) is 0.360. The van der Waals surface area contributed by atoms with Gasteiger partial charge in [0.1, 0.15) is 12.4 Å². The molecule has 3 aromatic rings. The first-order chi connectivity index (χ1) is 15.8. The maximum Gasteiger partial charge on any atom is 0.406 e. The van der Waals surface area contributed by atoms with Gasteiger partial charge in [-0.05, 0) is 81.4 Å². The van der Waals surface area contributed by atoms with Crippen LogP contribution >= 0.6 is 0 Å². The predicted octanol–water partition coefficient (Wildman–Crippen LogP) is 5.31. The Hall–Kier alpha value is -3.18. The number of likely N-dealkylation sites (tertiary alicyclic amines) is 1. The first kappa shape index (κ1) is 23.0. The lowest BCUT2D eigenvalue weighted by Crippen LogP contribution is -2.36. The number of fused-ring (bicyclic) bond motifs is 1. The van der Waals surface area contributed by atoms with E-state index in [9.17, 15) is 17.6 Å². The normalized spacial score (nSPS) is 15.3. The fourth-order valence-electron chi connectivity index (χ4n) is 4.09. The van der Waals surface area contributed by atoms with Crippen molar-refractivity contribution in [3.05, 3.63) is 60.0 Å². The largest absolute Gasteiger partial charge is 0.406 e. The number of halogens is 4. The summed E-state index contributed by atoms with van der Waals surface area (Å²) in [6, 6.07) is 13.2. The van der Waals surface area contributed by atoms with E-state index in [1.165, 1.54) is 16.7 Å². The van der Waals surface area contributed by atoms with Crippen molar-refractivity contribution in [2.24, 2.45) is 0 Å². The lowest BCUT2D eigenvalue weighted by molar-refractivity contribution is -0.140. The number of nitrogens with one attached hydrogen (secondary N) is 2. The second-order valence-electron chi connectivity index (χ2n) is 8.35. The van der Waals surface area contributed by atoms with Crippen LogP contribution in [0.4, 0.5) is 28.9 Å². The van der Waals surface area contributed by atoms with Crippen LogP contribution in [-0.4, -0.2) is 48.4 Å². The van der Waals surface area contributed by atoms with Crippen molar-refractivity contribution in [1.82, 2.24) is 9.47 Å². The Morgan fingerprint density at radius 1 is 1.06 bits per heavy atom. The monoisotopic (exact) mass is 458 g/mol. The summed E-state index contributed by atoms with van der Waals surface area (Å²) in [5.41, 5.74) is 2.32. The molecule has 2 aromatic carbocycles. The smallest absolute Gasteiger partial charge is 0.382 e. The Kier molecular flexibility index (Phi) is 6.80. The lowest BCUT2D eigenvalue weighted by atomic mass is 10.0. The Labute approximate surface area is 190 Å². The third-order valence-corrected chi connectivity index (χ3v) is 5.80. The number of hydrogen-bond acceptors (Lipinski definition) is 3. The third-order valence-electron chi connectivity index (χ3n) is 5.80. The van der Waals surface area contributed by atoms with Crippen LogP contribution in [0.15, 0.2) is 48.5 Å². The van der Waals surface area contributed by atoms with E-state index in [1.807, 2.05) is 6.07 Å². The van der Waals surface area contributed by atoms with E-state index in [2.05, 4.69) is 34.4 Å². The molecule has 0 spiro atoms. The molecule has 2 N–H and O–H groups in total. The van der Waals surface area contributed by atoms with Gasteiger partial charge in [0.2, 0.25) is 0 Å². The van der Waals surface area contributed by atoms with Crippen LogP contribution in [-0.2, 0) is 6.54 Å². The van der Waals surface area contributed by atoms with Gasteiger partial charge in [0, 0.05) is 22.8 Å². The summed E-state index contributed by atoms with van der Waals surface area (Å²) in [6.45, 7) is 1.09. The molecule has 1 fully saturated rings. The molecule has 1 saturated heterocycles. The van der Waals surface area contributed by atoms with Crippen molar-refractivity contribution in [2.45, 2.75) is 31.6 Å². The number of nitrogens with zero attached hydrogens (tertiary/aromatic N) is 2. The molecule has 1 aromatic heterocycles. The average molecular weight is 459 g/mol. The van der Waals surface area contributed by atoms with E-state index < -0.39 is 12.7 Å². The highest BCUT2D eigenvalue weighted by atomic mass is 19.4. The molecule has 0 radical (unpaired) electrons. The number of anilines is 2. The van der Waals surface area contributed by atoms with Crippen LogP contribution in [0.3, 0.4) is 0 Å². The molecular weight excluding hydrogens is 432 g/mol. The lowest BCUT2D eigenvalue weighted by Gasteiger charge is -2.30. The number of rotatable bonds is 5. The van der Waals surface area contributed by atoms with Gasteiger partial charge < -0.3 is 20.1 Å². The van der Waals surface area contributed by atoms with Gasteiger partial charge >= 0.3 is 6.18 Å². The van der Waals surface area contributed by atoms with Crippen LogP contribution < -0.4 is 10.6 Å². The van der Waals surface area contributed by atoms with E-state index in [1.54, 1.807) is 30.3 Å². The van der Waals surface area contributed by atoms with Gasteiger partial charge in [-0.1, -0.05) is 12.0 Å². The van der Waals surface area contributed by atoms with E-state index in [-0.39, 0.29) is 18.4 Å². The van der Waals surface area contributed by atoms with Crippen LogP contribution in [0.1, 0.15) is 18.5 Å². The quantitative estimate of drug-likeness (QED) is 0.401. The van der Waals surface area contributed by atoms with Crippen LogP contribution in [0.25, 0.3) is 10.9 Å². The number of benzene rings is 2. The standard InChI is InChI=1S/C25H26F4N4/c1-32-14-11-20(12-15-32)31-23-5-2-6-24-22(23)16-21(33(24)17-25(27,28)29)4-3-13-30-19-9-7-18(26)8-10-19/h2,5-10,16,20,30-31H,11-15,17H2,1H3. The zero-order chi connectivity index (χ0) is 23.4. The third kappa shape index (κ3) is 5.99. The molecular formula is C25H26F4N4. The van der Waals surface area contributed by atoms with Crippen molar-refractivity contribution in [2.75, 3.05) is 37.3 Å². The molecule has 2 heterocycles. The SMILES string of the molecule is CN1CCC(Nc2cccc3c2cc(C#CCNc2ccc(F)cc2)n3CC(F)(F)F)CC1. The molecule has 0 unspecified atom stereocenters. The second-order valence-corrected chi connectivity index (χ2v) is 8.35. The first-order valence-corrected chi connectivity index (χ1v) is 10.9. The number of aromatic nitrogens is 1. The summed E-state index contributed by atoms with van der Waals surface area (Å²) < 4.78 is 54.3. The highest BCUT2D eigenvalue weighted by molar-refractivity contribution is 5.94. The van der Waals surface area contributed by atoms with Gasteiger partial charge in [0.15, 0.2) is 0 Å². The summed E-state index contributed by atoms with van der Waals surface area (Å²) in [7, 11) is 2.09. The van der Waals surface area contributed by atoms with E-state index in [4.69, 9.17) is 0 Å². The minimum absolute atomic E-state index is 0.222. The molecule has 33 heavy (non-hydrogen) atoms. The molecule has 0 saturated carbocycles. The topological polar surface area (TPSA) is 32.2 Å². The molecule has 4 nitrogen and oxygen atoms in total. The highest BCUT2D eigenvalue weighted by Gasteiger charge is 2.30. The van der Waals surface area contributed by atoms with E-state index in [0.717, 1.165) is 37.0 Å². The molecule has 174 valence electrons. The molecule has 0 amide bonds. The fourth-order valence-corrected chi connectivity index (χ4v) is 4.09. The maximum absolute atomic E-state index is 13.3. The Morgan fingerprint density at radius 3 is 2.48 bits per heavy atom. The summed E-state index contributed by atoms with van der Waals surface area (Å²) in [5, 5.41) is 7.29. The minimum atomic E-state index is -4.37. The molecule has 1 aliphatic rings. The Balaban J connectivity index is 1.59. The Bertz CT molecular complexity index is 1150. The minimum Gasteiger partial charge on any atom is -0.382 e. The number of piperidine rings is 1. The molecule has 0 atom stereocenters. The van der Waals surface area contributed by atoms with Gasteiger partial charge in [0.25, 0.3) is 0 Å². The van der Waals surface area contributed by atoms with Crippen molar-refractivity contribution in [3.63, 3.8) is 0 Å². The second kappa shape index (κ2) is 9.75. The summed E-state index contributed by atoms with van der Waals surface area (Å²) in [5.74, 6) is 5.43. The van der Waals surface area contributed by atoms with Crippen LogP contribution in [0.2, 0.25) is 0 Å². The molecule has 1 aliphatic heterocycles. The summed E-state index contributed by atoms with van der Waals surface area (Å²) >= 11 is 0. The molecule has 4 rings (SSSR count). The van der Waals surface area contributed by atoms with Crippen molar-refractivity contribution in [1.29, 1.82) is 0 Å². The zero-order valence-electron chi connectivity index (χ0n) is 18.3. The van der Waals surface area contributed by atoms with Crippen molar-refractivity contribution in [3.8, 4) is 11.8 Å². The van der Waals surface area contributed by atoms with Gasteiger partial charge in [-0.3, -0.25) is 0 Å². The summed E-state index contributed by atoms with van der Waals surface area (Å²) in [4.78, 5) is 2.27. The number of alkyl halides is 3. The predicted molar refractivity (Wildman–Crippen MR) is 124 cm³/mol. The van der Waals surface area contributed by atoms with E-state index >= 15 is 0 Å². The van der Waals surface area contributed by atoms with Crippen molar-refractivity contribution >= 4 is 22.3 Å². The Morgan fingerprint density at radius 2 is 1.79 bits per heavy atom. The zero-order valence-corrected chi connectivity index (χ0v) is 18.3. The van der Waals surface area contributed by atoms with Crippen molar-refractivity contribution < 1.29 is 17.6 Å². The first-order valence-electron chi connectivity index (χ1n) is 10.9. The molecule has 0 aliphatic carbocycles. The van der Waals surface area contributed by atoms with Crippen LogP contribution in [0.5, 0.6) is 0 Å². The molecule has 0 bridgehead atoms. The van der Waals surface area contributed by atoms with Gasteiger partial charge in [0.05, 0.1) is 17.8 Å². The number of hydrogen-bond donors (Lipinski definition) is 2. The summed E-state index contributed by atoms with van der Waals surface area (Å²) in [6.07, 6.45) is -2.40. The maximum atomic E-state index is 13.3. The van der Waals surface area contributed by atoms with Gasteiger partial charge in [-0.2, -0.15) is 13.2 Å². The highest BCUT2D eigenvalue weighted by Crippen LogP contribution is 2.31. The average Bonchev–Trinajstić information content (AvgIpc) is 3.11. The van der Waals surface area contributed by atoms with Gasteiger partial charge in [-0.25, -0.2) is 4.39 Å². The van der Waals surface area contributed by atoms with E-state index in [0.29, 0.717) is 16.9 Å². The van der Waals surface area contributed by atoms with Crippen LogP contribution in [0, 0.1) is 17.7 Å².